The highest BCUT2D eigenvalue weighted by molar-refractivity contribution is 6.30. The van der Waals surface area contributed by atoms with Crippen LogP contribution >= 0.6 is 11.6 Å². The topological polar surface area (TPSA) is 30.5 Å². The molecule has 0 saturated carbocycles. The van der Waals surface area contributed by atoms with Crippen molar-refractivity contribution >= 4 is 11.6 Å². The van der Waals surface area contributed by atoms with E-state index in [0.717, 1.165) is 31.4 Å². The van der Waals surface area contributed by atoms with E-state index in [4.69, 9.17) is 21.1 Å². The van der Waals surface area contributed by atoms with Gasteiger partial charge in [-0.3, -0.25) is 0 Å². The molecule has 3 nitrogen and oxygen atoms in total. The Morgan fingerprint density at radius 1 is 1.29 bits per heavy atom. The van der Waals surface area contributed by atoms with E-state index in [0.29, 0.717) is 25.9 Å². The van der Waals surface area contributed by atoms with Crippen LogP contribution in [-0.4, -0.2) is 39.5 Å². The first-order valence-corrected chi connectivity index (χ1v) is 7.79. The molecule has 0 spiro atoms. The zero-order valence-corrected chi connectivity index (χ0v) is 13.6. The Balaban J connectivity index is 2.46. The number of benzene rings is 1. The van der Waals surface area contributed by atoms with Crippen LogP contribution in [0.15, 0.2) is 18.2 Å². The van der Waals surface area contributed by atoms with E-state index < -0.39 is 0 Å². The molecule has 0 bridgehead atoms. The molecule has 0 radical (unpaired) electrons. The van der Waals surface area contributed by atoms with E-state index in [2.05, 4.69) is 12.2 Å². The van der Waals surface area contributed by atoms with Crippen molar-refractivity contribution in [3.63, 3.8) is 0 Å². The number of halogens is 2. The van der Waals surface area contributed by atoms with Gasteiger partial charge in [-0.15, -0.1) is 0 Å². The van der Waals surface area contributed by atoms with Gasteiger partial charge in [-0.05, 0) is 43.5 Å². The lowest BCUT2D eigenvalue weighted by Crippen LogP contribution is -2.33. The third kappa shape index (κ3) is 7.77. The molecule has 0 amide bonds. The van der Waals surface area contributed by atoms with Crippen molar-refractivity contribution in [3.8, 4) is 0 Å². The van der Waals surface area contributed by atoms with Crippen LogP contribution < -0.4 is 5.32 Å². The van der Waals surface area contributed by atoms with Crippen LogP contribution in [0.3, 0.4) is 0 Å². The monoisotopic (exact) mass is 317 g/mol. The summed E-state index contributed by atoms with van der Waals surface area (Å²) in [7, 11) is 1.66. The Hall–Kier alpha value is -0.680. The van der Waals surface area contributed by atoms with Crippen molar-refractivity contribution in [1.82, 2.24) is 5.32 Å². The highest BCUT2D eigenvalue weighted by Gasteiger charge is 2.10. The maximum atomic E-state index is 13.2. The van der Waals surface area contributed by atoms with E-state index >= 15 is 0 Å². The molecule has 0 aliphatic rings. The lowest BCUT2D eigenvalue weighted by Gasteiger charge is -2.19. The van der Waals surface area contributed by atoms with Gasteiger partial charge in [-0.1, -0.05) is 24.6 Å². The second kappa shape index (κ2) is 11.0. The molecule has 0 fully saturated rings. The molecule has 21 heavy (non-hydrogen) atoms. The van der Waals surface area contributed by atoms with Gasteiger partial charge in [0, 0.05) is 19.8 Å². The maximum Gasteiger partial charge on any atom is 0.141 e. The molecule has 0 heterocycles. The molecule has 0 aliphatic carbocycles. The fourth-order valence-corrected chi connectivity index (χ4v) is 2.25. The van der Waals surface area contributed by atoms with Gasteiger partial charge < -0.3 is 14.8 Å². The Morgan fingerprint density at radius 2 is 2.10 bits per heavy atom. The van der Waals surface area contributed by atoms with Crippen molar-refractivity contribution in [2.45, 2.75) is 32.2 Å². The summed E-state index contributed by atoms with van der Waals surface area (Å²) in [4.78, 5) is 0. The Kier molecular flexibility index (Phi) is 9.59. The highest BCUT2D eigenvalue weighted by Crippen LogP contribution is 2.17. The van der Waals surface area contributed by atoms with Crippen LogP contribution in [0.2, 0.25) is 5.02 Å². The van der Waals surface area contributed by atoms with Gasteiger partial charge in [0.05, 0.1) is 18.2 Å². The largest absolute Gasteiger partial charge is 0.382 e. The van der Waals surface area contributed by atoms with Gasteiger partial charge in [0.2, 0.25) is 0 Å². The van der Waals surface area contributed by atoms with Crippen molar-refractivity contribution in [1.29, 1.82) is 0 Å². The average Bonchev–Trinajstić information content (AvgIpc) is 2.48. The normalized spacial score (nSPS) is 12.6. The zero-order valence-electron chi connectivity index (χ0n) is 12.8. The van der Waals surface area contributed by atoms with E-state index in [-0.39, 0.29) is 10.8 Å². The molecule has 1 unspecified atom stereocenters. The van der Waals surface area contributed by atoms with Crippen molar-refractivity contribution in [2.75, 3.05) is 33.5 Å². The number of nitrogens with one attached hydrogen (secondary N) is 1. The minimum absolute atomic E-state index is 0.179. The summed E-state index contributed by atoms with van der Waals surface area (Å²) in [5, 5.41) is 3.67. The van der Waals surface area contributed by atoms with Gasteiger partial charge in [-0.2, -0.15) is 0 Å². The molecule has 0 aliphatic heterocycles. The van der Waals surface area contributed by atoms with Crippen LogP contribution in [0.25, 0.3) is 0 Å². The van der Waals surface area contributed by atoms with Gasteiger partial charge in [0.15, 0.2) is 0 Å². The second-order valence-corrected chi connectivity index (χ2v) is 5.40. The summed E-state index contributed by atoms with van der Waals surface area (Å²) < 4.78 is 23.6. The molecule has 0 saturated heterocycles. The highest BCUT2D eigenvalue weighted by atomic mass is 35.5. The second-order valence-electron chi connectivity index (χ2n) is 5.00. The lowest BCUT2D eigenvalue weighted by molar-refractivity contribution is 0.0658. The Bertz CT molecular complexity index is 404. The van der Waals surface area contributed by atoms with Gasteiger partial charge in [-0.25, -0.2) is 4.39 Å². The van der Waals surface area contributed by atoms with Gasteiger partial charge in [0.1, 0.15) is 5.82 Å². The minimum Gasteiger partial charge on any atom is -0.382 e. The van der Waals surface area contributed by atoms with Crippen LogP contribution in [0.4, 0.5) is 4.39 Å². The predicted molar refractivity (Wildman–Crippen MR) is 84.5 cm³/mol. The molecule has 1 rings (SSSR count). The first-order chi connectivity index (χ1) is 10.2. The molecule has 1 N–H and O–H groups in total. The summed E-state index contributed by atoms with van der Waals surface area (Å²) >= 11 is 5.83. The fourth-order valence-electron chi connectivity index (χ4n) is 2.05. The average molecular weight is 318 g/mol. The molecular formula is C16H25ClFNO2. The molecule has 0 aromatic heterocycles. The number of hydrogen-bond donors (Lipinski definition) is 1. The summed E-state index contributed by atoms with van der Waals surface area (Å²) in [6.45, 7) is 4.99. The smallest absolute Gasteiger partial charge is 0.141 e. The van der Waals surface area contributed by atoms with Gasteiger partial charge in [0.25, 0.3) is 0 Å². The van der Waals surface area contributed by atoms with Crippen LogP contribution in [-0.2, 0) is 15.9 Å². The van der Waals surface area contributed by atoms with E-state index in [1.54, 1.807) is 19.2 Å². The van der Waals surface area contributed by atoms with Crippen molar-refractivity contribution in [3.05, 3.63) is 34.6 Å². The van der Waals surface area contributed by atoms with Gasteiger partial charge >= 0.3 is 0 Å². The van der Waals surface area contributed by atoms with Crippen molar-refractivity contribution in [2.24, 2.45) is 0 Å². The predicted octanol–water partition coefficient (Wildman–Crippen LogP) is 3.44. The standard InChI is InChI=1S/C16H25ClFNO2/c1-3-7-19-14(6-8-21-10-9-20-2)11-13-4-5-16(18)15(17)12-13/h4-5,12,14,19H,3,6-11H2,1-2H3. The summed E-state index contributed by atoms with van der Waals surface area (Å²) in [5.41, 5.74) is 1.03. The number of hydrogen-bond acceptors (Lipinski definition) is 3. The number of methoxy groups -OCH3 is 1. The van der Waals surface area contributed by atoms with Crippen LogP contribution in [0.1, 0.15) is 25.3 Å². The quantitative estimate of drug-likeness (QED) is 0.634. The molecule has 1 aromatic carbocycles. The van der Waals surface area contributed by atoms with E-state index in [9.17, 15) is 4.39 Å². The van der Waals surface area contributed by atoms with Crippen LogP contribution in [0, 0.1) is 5.82 Å². The summed E-state index contributed by atoms with van der Waals surface area (Å²) in [6.07, 6.45) is 2.79. The van der Waals surface area contributed by atoms with Crippen LogP contribution in [0.5, 0.6) is 0 Å². The molecule has 1 atom stereocenters. The van der Waals surface area contributed by atoms with E-state index in [1.165, 1.54) is 6.07 Å². The first-order valence-electron chi connectivity index (χ1n) is 7.41. The molecule has 1 aromatic rings. The Labute approximate surface area is 131 Å². The van der Waals surface area contributed by atoms with E-state index in [1.807, 2.05) is 0 Å². The zero-order chi connectivity index (χ0) is 15.5. The third-order valence-electron chi connectivity index (χ3n) is 3.19. The fraction of sp³-hybridized carbons (Fsp3) is 0.625. The number of rotatable bonds is 11. The first kappa shape index (κ1) is 18.4. The lowest BCUT2D eigenvalue weighted by atomic mass is 10.0. The summed E-state index contributed by atoms with van der Waals surface area (Å²) in [5.74, 6) is -0.374. The number of ether oxygens (including phenoxy) is 2. The maximum absolute atomic E-state index is 13.2. The minimum atomic E-state index is -0.374. The third-order valence-corrected chi connectivity index (χ3v) is 3.48. The molecular weight excluding hydrogens is 293 g/mol. The summed E-state index contributed by atoms with van der Waals surface area (Å²) in [6, 6.07) is 5.20. The Morgan fingerprint density at radius 3 is 2.76 bits per heavy atom. The molecule has 5 heteroatoms. The van der Waals surface area contributed by atoms with Crippen molar-refractivity contribution < 1.29 is 13.9 Å². The molecule has 120 valence electrons. The SMILES string of the molecule is CCCNC(CCOCCOC)Cc1ccc(F)c(Cl)c1.